The van der Waals surface area contributed by atoms with E-state index in [0.717, 1.165) is 0 Å². The van der Waals surface area contributed by atoms with Crippen molar-refractivity contribution in [2.75, 3.05) is 13.9 Å². The van der Waals surface area contributed by atoms with E-state index < -0.39 is 5.82 Å². The van der Waals surface area contributed by atoms with E-state index in [2.05, 4.69) is 15.1 Å². The van der Waals surface area contributed by atoms with Gasteiger partial charge in [-0.3, -0.25) is 0 Å². The molecule has 0 unspecified atom stereocenters. The van der Waals surface area contributed by atoms with Gasteiger partial charge in [-0.1, -0.05) is 11.6 Å². The lowest BCUT2D eigenvalue weighted by Crippen LogP contribution is -2.41. The highest BCUT2D eigenvalue weighted by atomic mass is 35.5. The quantitative estimate of drug-likeness (QED) is 0.506. The van der Waals surface area contributed by atoms with E-state index in [1.54, 1.807) is 12.1 Å². The summed E-state index contributed by atoms with van der Waals surface area (Å²) in [5, 5.41) is 3.79. The molecule has 1 aromatic carbocycles. The monoisotopic (exact) mass is 421 g/mol. The van der Waals surface area contributed by atoms with Gasteiger partial charge in [-0.25, -0.2) is 14.4 Å². The molecule has 10 heteroatoms. The molecule has 1 fully saturated rings. The molecule has 1 aliphatic rings. The first-order chi connectivity index (χ1) is 14.1. The molecule has 29 heavy (non-hydrogen) atoms. The van der Waals surface area contributed by atoms with E-state index >= 15 is 0 Å². The Kier molecular flexibility index (Phi) is 5.77. The van der Waals surface area contributed by atoms with Crippen LogP contribution in [0.15, 0.2) is 41.2 Å². The van der Waals surface area contributed by atoms with Gasteiger partial charge in [-0.2, -0.15) is 0 Å². The molecule has 3 aromatic rings. The summed E-state index contributed by atoms with van der Waals surface area (Å²) in [6.45, 7) is 0.0741. The summed E-state index contributed by atoms with van der Waals surface area (Å²) < 4.78 is 39.9. The molecule has 152 valence electrons. The highest BCUT2D eigenvalue weighted by Gasteiger charge is 2.33. The third-order valence-electron chi connectivity index (χ3n) is 4.23. The standard InChI is InChI=1S/C19H17ClFN3O5/c1-25-10-26-18-7-17(29-24-18)16-8-23-19(9-22-16)28-13-4-12(5-13)27-11-2-3-15(21)14(20)6-11/h2-3,6-9,12-13H,4-5,10H2,1H3/t12-,13+. The predicted octanol–water partition coefficient (Wildman–Crippen LogP) is 3.90. The van der Waals surface area contributed by atoms with Crippen LogP contribution in [0.3, 0.4) is 0 Å². The number of ether oxygens (including phenoxy) is 4. The lowest BCUT2D eigenvalue weighted by molar-refractivity contribution is 0.00203. The Morgan fingerprint density at radius 3 is 2.66 bits per heavy atom. The zero-order valence-corrected chi connectivity index (χ0v) is 16.1. The minimum atomic E-state index is -0.472. The molecule has 0 spiro atoms. The first-order valence-electron chi connectivity index (χ1n) is 8.80. The summed E-state index contributed by atoms with van der Waals surface area (Å²) >= 11 is 5.76. The first-order valence-corrected chi connectivity index (χ1v) is 9.17. The van der Waals surface area contributed by atoms with Gasteiger partial charge < -0.3 is 23.5 Å². The number of hydrogen-bond acceptors (Lipinski definition) is 8. The van der Waals surface area contributed by atoms with Crippen LogP contribution >= 0.6 is 11.6 Å². The van der Waals surface area contributed by atoms with Crippen molar-refractivity contribution in [3.05, 3.63) is 47.5 Å². The summed E-state index contributed by atoms with van der Waals surface area (Å²) in [5.41, 5.74) is 0.500. The van der Waals surface area contributed by atoms with E-state index in [1.165, 1.54) is 31.6 Å². The molecule has 8 nitrogen and oxygen atoms in total. The van der Waals surface area contributed by atoms with Crippen LogP contribution in [0.2, 0.25) is 5.02 Å². The second-order valence-corrected chi connectivity index (χ2v) is 6.75. The van der Waals surface area contributed by atoms with Gasteiger partial charge in [-0.15, -0.1) is 0 Å². The summed E-state index contributed by atoms with van der Waals surface area (Å²) in [5.74, 6) is 1.18. The Morgan fingerprint density at radius 1 is 1.10 bits per heavy atom. The van der Waals surface area contributed by atoms with Gasteiger partial charge in [0.25, 0.3) is 5.88 Å². The summed E-state index contributed by atoms with van der Waals surface area (Å²) in [6, 6.07) is 5.89. The molecule has 2 heterocycles. The lowest BCUT2D eigenvalue weighted by atomic mass is 9.92. The van der Waals surface area contributed by atoms with Crippen molar-refractivity contribution < 1.29 is 27.9 Å². The van der Waals surface area contributed by atoms with Crippen molar-refractivity contribution in [1.82, 2.24) is 15.1 Å². The fraction of sp³-hybridized carbons (Fsp3) is 0.316. The largest absolute Gasteiger partial charge is 0.490 e. The molecule has 0 aliphatic heterocycles. The second-order valence-electron chi connectivity index (χ2n) is 6.35. The van der Waals surface area contributed by atoms with Crippen molar-refractivity contribution in [2.45, 2.75) is 25.0 Å². The summed E-state index contributed by atoms with van der Waals surface area (Å²) in [4.78, 5) is 8.51. The molecule has 1 saturated carbocycles. The fourth-order valence-corrected chi connectivity index (χ4v) is 2.87. The highest BCUT2D eigenvalue weighted by molar-refractivity contribution is 6.30. The first kappa shape index (κ1) is 19.4. The normalized spacial score (nSPS) is 18.2. The molecule has 0 atom stereocenters. The molecule has 0 bridgehead atoms. The zero-order chi connectivity index (χ0) is 20.2. The van der Waals surface area contributed by atoms with Crippen molar-refractivity contribution in [3.63, 3.8) is 0 Å². The SMILES string of the molecule is COCOc1cc(-c2cnc(O[C@H]3C[C@@H](Oc4ccc(F)c(Cl)c4)C3)cn2)on1. The second kappa shape index (κ2) is 8.62. The molecule has 0 radical (unpaired) electrons. The Morgan fingerprint density at radius 2 is 1.93 bits per heavy atom. The van der Waals surface area contributed by atoms with Crippen molar-refractivity contribution in [1.29, 1.82) is 0 Å². The van der Waals surface area contributed by atoms with E-state index in [4.69, 9.17) is 35.1 Å². The minimum Gasteiger partial charge on any atom is -0.490 e. The van der Waals surface area contributed by atoms with E-state index in [-0.39, 0.29) is 24.0 Å². The van der Waals surface area contributed by atoms with Crippen LogP contribution < -0.4 is 14.2 Å². The van der Waals surface area contributed by atoms with Crippen molar-refractivity contribution in [3.8, 4) is 29.0 Å². The number of hydrogen-bond donors (Lipinski definition) is 0. The Labute approximate surface area is 170 Å². The van der Waals surface area contributed by atoms with Crippen LogP contribution in [0.4, 0.5) is 4.39 Å². The van der Waals surface area contributed by atoms with Gasteiger partial charge in [0.05, 0.1) is 23.5 Å². The fourth-order valence-electron chi connectivity index (χ4n) is 2.69. The molecule has 4 rings (SSSR count). The summed E-state index contributed by atoms with van der Waals surface area (Å²) in [6.07, 6.45) is 4.36. The van der Waals surface area contributed by atoms with Gasteiger partial charge in [-0.05, 0) is 17.3 Å². The molecule has 0 saturated heterocycles. The Hall–Kier alpha value is -2.91. The number of methoxy groups -OCH3 is 1. The van der Waals surface area contributed by atoms with Gasteiger partial charge >= 0.3 is 0 Å². The predicted molar refractivity (Wildman–Crippen MR) is 99.5 cm³/mol. The van der Waals surface area contributed by atoms with Crippen LogP contribution in [-0.4, -0.2) is 41.2 Å². The van der Waals surface area contributed by atoms with Gasteiger partial charge in [0.1, 0.15) is 29.5 Å². The molecule has 1 aliphatic carbocycles. The van der Waals surface area contributed by atoms with E-state index in [9.17, 15) is 4.39 Å². The smallest absolute Gasteiger partial charge is 0.256 e. The lowest BCUT2D eigenvalue weighted by Gasteiger charge is -2.34. The maximum atomic E-state index is 13.2. The van der Waals surface area contributed by atoms with E-state index in [0.29, 0.717) is 41.8 Å². The third-order valence-corrected chi connectivity index (χ3v) is 4.52. The number of benzene rings is 1. The van der Waals surface area contributed by atoms with Crippen LogP contribution in [0.1, 0.15) is 12.8 Å². The van der Waals surface area contributed by atoms with Crippen molar-refractivity contribution in [2.24, 2.45) is 0 Å². The maximum Gasteiger partial charge on any atom is 0.256 e. The maximum absolute atomic E-state index is 13.2. The molecule has 0 amide bonds. The number of nitrogens with zero attached hydrogens (tertiary/aromatic N) is 3. The molecular weight excluding hydrogens is 405 g/mol. The zero-order valence-electron chi connectivity index (χ0n) is 15.4. The van der Waals surface area contributed by atoms with Gasteiger partial charge in [0.2, 0.25) is 5.88 Å². The van der Waals surface area contributed by atoms with Gasteiger partial charge in [0, 0.05) is 26.0 Å². The third kappa shape index (κ3) is 4.75. The average molecular weight is 422 g/mol. The number of halogens is 2. The van der Waals surface area contributed by atoms with Gasteiger partial charge in [0.15, 0.2) is 12.6 Å². The van der Waals surface area contributed by atoms with Crippen molar-refractivity contribution >= 4 is 11.6 Å². The van der Waals surface area contributed by atoms with Crippen LogP contribution in [0, 0.1) is 5.82 Å². The summed E-state index contributed by atoms with van der Waals surface area (Å²) in [7, 11) is 1.51. The number of rotatable bonds is 8. The molecular formula is C19H17ClFN3O5. The van der Waals surface area contributed by atoms with Crippen LogP contribution in [-0.2, 0) is 4.74 Å². The Balaban J connectivity index is 1.26. The van der Waals surface area contributed by atoms with Crippen LogP contribution in [0.25, 0.3) is 11.5 Å². The van der Waals surface area contributed by atoms with E-state index in [1.807, 2.05) is 0 Å². The average Bonchev–Trinajstić information content (AvgIpc) is 3.17. The number of aromatic nitrogens is 3. The van der Waals surface area contributed by atoms with Crippen LogP contribution in [0.5, 0.6) is 17.5 Å². The molecule has 0 N–H and O–H groups in total. The molecule has 2 aromatic heterocycles. The Bertz CT molecular complexity index is 963. The topological polar surface area (TPSA) is 88.7 Å². The minimum absolute atomic E-state index is 0.0199. The highest BCUT2D eigenvalue weighted by Crippen LogP contribution is 2.31.